The Morgan fingerprint density at radius 3 is 2.68 bits per heavy atom. The molecule has 0 amide bonds. The van der Waals surface area contributed by atoms with Crippen LogP contribution in [-0.2, 0) is 12.7 Å². The van der Waals surface area contributed by atoms with Crippen molar-refractivity contribution in [2.24, 2.45) is 0 Å². The number of aromatic hydroxyl groups is 1. The molecule has 0 bridgehead atoms. The molecule has 1 fully saturated rings. The highest BCUT2D eigenvalue weighted by molar-refractivity contribution is 7.11. The molecule has 5 rings (SSSR count). The molecule has 1 saturated heterocycles. The van der Waals surface area contributed by atoms with Crippen molar-refractivity contribution in [1.29, 1.82) is 0 Å². The number of rotatable bonds is 7. The van der Waals surface area contributed by atoms with Gasteiger partial charge in [-0.3, -0.25) is 14.5 Å². The van der Waals surface area contributed by atoms with Gasteiger partial charge in [-0.2, -0.15) is 18.3 Å². The topological polar surface area (TPSA) is 94.4 Å². The first-order valence-electron chi connectivity index (χ1n) is 12.0. The number of nitrogens with one attached hydrogen (secondary N) is 1. The van der Waals surface area contributed by atoms with Gasteiger partial charge >= 0.3 is 11.0 Å². The summed E-state index contributed by atoms with van der Waals surface area (Å²) >= 11 is 6.57. The standard InChI is InChI=1S/C26H24ClF3N4O3S/c27-18-5-3-16(21(11-18)26(28,29)30)10-20(15-4-6-22-17(9-15)12-31-32-22)23-24(36)34(25(37)38-23)14-19(35)13-33-7-1-2-8-33/h3-6,9-12,19,35-36H,1-2,7-8,13-14H2,(H,31,32)/t19-/m0/s1. The van der Waals surface area contributed by atoms with Crippen molar-refractivity contribution in [3.63, 3.8) is 0 Å². The SMILES string of the molecule is O=c1sc(C(=Cc2ccc(Cl)cc2C(F)(F)F)c2ccc3[nH]ncc3c2)c(O)n1C[C@@H](O)CN1CCCC1. The Morgan fingerprint density at radius 2 is 1.95 bits per heavy atom. The molecule has 0 radical (unpaired) electrons. The number of nitrogens with zero attached hydrogens (tertiary/aromatic N) is 3. The van der Waals surface area contributed by atoms with E-state index in [0.717, 1.165) is 42.1 Å². The van der Waals surface area contributed by atoms with Gasteiger partial charge in [0.25, 0.3) is 0 Å². The van der Waals surface area contributed by atoms with Gasteiger partial charge in [-0.15, -0.1) is 0 Å². The number of halogens is 4. The van der Waals surface area contributed by atoms with E-state index >= 15 is 0 Å². The molecule has 1 aliphatic heterocycles. The van der Waals surface area contributed by atoms with Crippen LogP contribution in [0.2, 0.25) is 5.02 Å². The average Bonchev–Trinajstić information content (AvgIpc) is 3.60. The third-order valence-corrected chi connectivity index (χ3v) is 7.78. The van der Waals surface area contributed by atoms with Crippen molar-refractivity contribution in [1.82, 2.24) is 19.7 Å². The first-order valence-corrected chi connectivity index (χ1v) is 13.1. The number of alkyl halides is 3. The summed E-state index contributed by atoms with van der Waals surface area (Å²) in [5.74, 6) is -0.415. The summed E-state index contributed by atoms with van der Waals surface area (Å²) in [6, 6.07) is 8.54. The van der Waals surface area contributed by atoms with E-state index < -0.39 is 28.6 Å². The summed E-state index contributed by atoms with van der Waals surface area (Å²) in [6.07, 6.45) is -0.641. The van der Waals surface area contributed by atoms with Gasteiger partial charge in [-0.1, -0.05) is 35.1 Å². The van der Waals surface area contributed by atoms with Crippen molar-refractivity contribution in [2.45, 2.75) is 31.7 Å². The van der Waals surface area contributed by atoms with Crippen molar-refractivity contribution in [3.8, 4) is 5.88 Å². The van der Waals surface area contributed by atoms with E-state index in [0.29, 0.717) is 28.8 Å². The van der Waals surface area contributed by atoms with Gasteiger partial charge in [0.15, 0.2) is 0 Å². The summed E-state index contributed by atoms with van der Waals surface area (Å²) in [5, 5.41) is 29.1. The van der Waals surface area contributed by atoms with Crippen LogP contribution >= 0.6 is 22.9 Å². The van der Waals surface area contributed by atoms with Crippen LogP contribution in [0, 0.1) is 0 Å². The van der Waals surface area contributed by atoms with Crippen molar-refractivity contribution >= 4 is 45.5 Å². The van der Waals surface area contributed by atoms with Crippen LogP contribution in [-0.4, -0.2) is 55.6 Å². The third-order valence-electron chi connectivity index (χ3n) is 6.55. The number of fused-ring (bicyclic) bond motifs is 1. The molecule has 2 aromatic carbocycles. The maximum absolute atomic E-state index is 13.9. The zero-order valence-corrected chi connectivity index (χ0v) is 21.6. The third kappa shape index (κ3) is 5.51. The summed E-state index contributed by atoms with van der Waals surface area (Å²) < 4.78 is 42.7. The van der Waals surface area contributed by atoms with Gasteiger partial charge in [0.1, 0.15) is 4.88 Å². The highest BCUT2D eigenvalue weighted by Crippen LogP contribution is 2.39. The predicted octanol–water partition coefficient (Wildman–Crippen LogP) is 5.21. The minimum absolute atomic E-state index is 0.0681. The fraction of sp³-hybridized carbons (Fsp3) is 0.308. The average molecular weight is 565 g/mol. The minimum Gasteiger partial charge on any atom is -0.493 e. The number of hydrogen-bond acceptors (Lipinski definition) is 6. The van der Waals surface area contributed by atoms with E-state index in [2.05, 4.69) is 15.1 Å². The predicted molar refractivity (Wildman–Crippen MR) is 141 cm³/mol. The zero-order chi connectivity index (χ0) is 27.0. The summed E-state index contributed by atoms with van der Waals surface area (Å²) in [4.78, 5) is 14.6. The van der Waals surface area contributed by atoms with E-state index in [1.165, 1.54) is 18.2 Å². The molecule has 1 aliphatic rings. The molecule has 3 N–H and O–H groups in total. The lowest BCUT2D eigenvalue weighted by Gasteiger charge is -2.19. The van der Waals surface area contributed by atoms with Gasteiger partial charge in [0, 0.05) is 22.5 Å². The lowest BCUT2D eigenvalue weighted by atomic mass is 9.97. The molecule has 4 aromatic rings. The van der Waals surface area contributed by atoms with E-state index in [-0.39, 0.29) is 27.6 Å². The summed E-state index contributed by atoms with van der Waals surface area (Å²) in [6.45, 7) is 1.94. The number of aliphatic hydroxyl groups excluding tert-OH is 1. The van der Waals surface area contributed by atoms with Crippen molar-refractivity contribution in [3.05, 3.63) is 78.9 Å². The van der Waals surface area contributed by atoms with Crippen LogP contribution < -0.4 is 4.87 Å². The molecule has 1 atom stereocenters. The smallest absolute Gasteiger partial charge is 0.417 e. The Bertz CT molecular complexity index is 1550. The van der Waals surface area contributed by atoms with E-state index in [1.807, 2.05) is 0 Å². The van der Waals surface area contributed by atoms with Crippen LogP contribution in [0.1, 0.15) is 34.4 Å². The van der Waals surface area contributed by atoms with E-state index in [4.69, 9.17) is 11.6 Å². The second kappa shape index (κ2) is 10.6. The number of likely N-dealkylation sites (tertiary alicyclic amines) is 1. The Labute approximate surface area is 224 Å². The molecule has 200 valence electrons. The molecule has 7 nitrogen and oxygen atoms in total. The Balaban J connectivity index is 1.61. The molecular formula is C26H24ClF3N4O3S. The number of benzene rings is 2. The molecule has 0 aliphatic carbocycles. The fourth-order valence-corrected chi connectivity index (χ4v) is 5.82. The molecule has 0 spiro atoms. The highest BCUT2D eigenvalue weighted by atomic mass is 35.5. The van der Waals surface area contributed by atoms with Gasteiger partial charge in [0.05, 0.1) is 29.9 Å². The number of thiazole rings is 1. The van der Waals surface area contributed by atoms with Gasteiger partial charge < -0.3 is 15.1 Å². The van der Waals surface area contributed by atoms with Crippen LogP contribution in [0.3, 0.4) is 0 Å². The van der Waals surface area contributed by atoms with Crippen LogP contribution in [0.5, 0.6) is 5.88 Å². The first-order chi connectivity index (χ1) is 18.1. The largest absolute Gasteiger partial charge is 0.493 e. The molecular weight excluding hydrogens is 541 g/mol. The maximum Gasteiger partial charge on any atom is 0.417 e. The molecule has 12 heteroatoms. The first kappa shape index (κ1) is 26.5. The summed E-state index contributed by atoms with van der Waals surface area (Å²) in [7, 11) is 0. The van der Waals surface area contributed by atoms with Gasteiger partial charge in [-0.05, 0) is 67.4 Å². The molecule has 0 unspecified atom stereocenters. The van der Waals surface area contributed by atoms with Crippen LogP contribution in [0.4, 0.5) is 13.2 Å². The number of aromatic nitrogens is 3. The van der Waals surface area contributed by atoms with E-state index in [1.54, 1.807) is 24.4 Å². The molecule has 38 heavy (non-hydrogen) atoms. The van der Waals surface area contributed by atoms with Crippen LogP contribution in [0.25, 0.3) is 22.6 Å². The Hall–Kier alpha value is -3.12. The minimum atomic E-state index is -4.68. The lowest BCUT2D eigenvalue weighted by molar-refractivity contribution is -0.137. The quantitative estimate of drug-likeness (QED) is 0.268. The Kier molecular flexibility index (Phi) is 7.36. The second-order valence-electron chi connectivity index (χ2n) is 9.25. The second-order valence-corrected chi connectivity index (χ2v) is 10.7. The van der Waals surface area contributed by atoms with E-state index in [9.17, 15) is 28.2 Å². The Morgan fingerprint density at radius 1 is 1.18 bits per heavy atom. The number of hydrogen-bond donors (Lipinski definition) is 3. The highest BCUT2D eigenvalue weighted by Gasteiger charge is 2.33. The number of aromatic amines is 1. The molecule has 3 heterocycles. The molecule has 2 aromatic heterocycles. The maximum atomic E-state index is 13.9. The van der Waals surface area contributed by atoms with Gasteiger partial charge in [0.2, 0.25) is 5.88 Å². The van der Waals surface area contributed by atoms with Crippen molar-refractivity contribution in [2.75, 3.05) is 19.6 Å². The zero-order valence-electron chi connectivity index (χ0n) is 20.0. The lowest BCUT2D eigenvalue weighted by Crippen LogP contribution is -2.34. The monoisotopic (exact) mass is 564 g/mol. The normalized spacial score (nSPS) is 16.0. The number of aliphatic hydroxyl groups is 1. The van der Waals surface area contributed by atoms with Crippen molar-refractivity contribution < 1.29 is 23.4 Å². The number of β-amino-alcohol motifs (C(OH)–C–C–N with tert-alkyl or cyclic N) is 1. The summed E-state index contributed by atoms with van der Waals surface area (Å²) in [5.41, 5.74) is 0.288. The molecule has 0 saturated carbocycles. The number of H-pyrrole nitrogens is 1. The van der Waals surface area contributed by atoms with Crippen LogP contribution in [0.15, 0.2) is 47.4 Å². The van der Waals surface area contributed by atoms with Gasteiger partial charge in [-0.25, -0.2) is 0 Å². The fourth-order valence-electron chi connectivity index (χ4n) is 4.71.